The number of hydrogen-bond donors (Lipinski definition) is 0. The summed E-state index contributed by atoms with van der Waals surface area (Å²) >= 11 is 0. The first kappa shape index (κ1) is 13.7. The second-order valence-corrected chi connectivity index (χ2v) is 3.65. The molecule has 0 atom stereocenters. The van der Waals surface area contributed by atoms with Crippen LogP contribution in [0.15, 0.2) is 0 Å². The largest absolute Gasteiger partial charge is 0.296 e. The van der Waals surface area contributed by atoms with E-state index in [9.17, 15) is 30.7 Å². The summed E-state index contributed by atoms with van der Waals surface area (Å²) in [6, 6.07) is 0. The highest BCUT2D eigenvalue weighted by Crippen LogP contribution is 2.30. The van der Waals surface area contributed by atoms with E-state index >= 15 is 0 Å². The normalized spacial score (nSPS) is 11.4. The zero-order chi connectivity index (χ0) is 14.5. The molecule has 0 saturated heterocycles. The maximum absolute atomic E-state index is 13.5. The van der Waals surface area contributed by atoms with Crippen molar-refractivity contribution in [1.29, 1.82) is 0 Å². The fourth-order valence-electron chi connectivity index (χ4n) is 1.80. The predicted octanol–water partition coefficient (Wildman–Crippen LogP) is 3.19. The van der Waals surface area contributed by atoms with Crippen LogP contribution in [0.5, 0.6) is 0 Å². The molecule has 2 rings (SSSR count). The van der Waals surface area contributed by atoms with Crippen LogP contribution in [0.1, 0.15) is 0 Å². The number of fused-ring (bicyclic) bond motifs is 1. The molecule has 2 radical (unpaired) electrons. The van der Waals surface area contributed by atoms with Crippen molar-refractivity contribution < 1.29 is 30.7 Å². The van der Waals surface area contributed by atoms with E-state index in [4.69, 9.17) is 0 Å². The molecule has 0 N–H and O–H groups in total. The first-order valence-electron chi connectivity index (χ1n) is 4.94. The lowest BCUT2D eigenvalue weighted by Gasteiger charge is -2.19. The number of benzene rings is 2. The molecule has 0 aromatic heterocycles. The average Bonchev–Trinajstić information content (AvgIpc) is 2.40. The highest BCUT2D eigenvalue weighted by Gasteiger charge is 2.26. The van der Waals surface area contributed by atoms with Gasteiger partial charge in [0.2, 0.25) is 0 Å². The Morgan fingerprint density at radius 3 is 1.32 bits per heavy atom. The van der Waals surface area contributed by atoms with Crippen molar-refractivity contribution in [3.63, 3.8) is 0 Å². The van der Waals surface area contributed by atoms with E-state index < -0.39 is 57.0 Å². The van der Waals surface area contributed by atoms with Gasteiger partial charge in [-0.1, -0.05) is 0 Å². The number of hydrogen-bond acceptors (Lipinski definition) is 0. The molecule has 0 aliphatic rings. The van der Waals surface area contributed by atoms with E-state index in [2.05, 4.69) is 0 Å². The molecule has 0 saturated carbocycles. The van der Waals surface area contributed by atoms with Gasteiger partial charge in [-0.05, 0) is 5.39 Å². The molecular formula is C11H3BF7-. The van der Waals surface area contributed by atoms with Gasteiger partial charge >= 0.3 is 0 Å². The summed E-state index contributed by atoms with van der Waals surface area (Å²) in [5, 5.41) is -2.65. The third-order valence-corrected chi connectivity index (χ3v) is 2.67. The van der Waals surface area contributed by atoms with Crippen LogP contribution in [0.2, 0.25) is 6.82 Å². The van der Waals surface area contributed by atoms with Crippen LogP contribution in [-0.2, 0) is 0 Å². The van der Waals surface area contributed by atoms with Gasteiger partial charge in [0.25, 0.3) is 0 Å². The van der Waals surface area contributed by atoms with Crippen LogP contribution in [0.25, 0.3) is 10.8 Å². The minimum absolute atomic E-state index is 0.792. The third kappa shape index (κ3) is 1.69. The molecule has 0 nitrogen and oxygen atoms in total. The highest BCUT2D eigenvalue weighted by atomic mass is 19.2. The van der Waals surface area contributed by atoms with Crippen molar-refractivity contribution in [2.45, 2.75) is 6.82 Å². The molecule has 0 unspecified atom stereocenters. The van der Waals surface area contributed by atoms with E-state index in [1.165, 1.54) is 0 Å². The first-order chi connectivity index (χ1) is 8.82. The van der Waals surface area contributed by atoms with E-state index in [0.717, 1.165) is 14.1 Å². The van der Waals surface area contributed by atoms with Crippen molar-refractivity contribution in [3.8, 4) is 0 Å². The Morgan fingerprint density at radius 2 is 0.895 bits per heavy atom. The number of rotatable bonds is 1. The Kier molecular flexibility index (Phi) is 3.20. The molecular weight excluding hydrogens is 276 g/mol. The molecule has 0 fully saturated rings. The van der Waals surface area contributed by atoms with Crippen LogP contribution in [0.4, 0.5) is 30.7 Å². The van der Waals surface area contributed by atoms with Crippen LogP contribution >= 0.6 is 0 Å². The van der Waals surface area contributed by atoms with Gasteiger partial charge in [-0.3, -0.25) is 7.28 Å². The lowest BCUT2D eigenvalue weighted by atomic mass is 9.70. The Balaban J connectivity index is 3.21. The maximum Gasteiger partial charge on any atom is 0.198 e. The molecule has 19 heavy (non-hydrogen) atoms. The van der Waals surface area contributed by atoms with Crippen molar-refractivity contribution in [3.05, 3.63) is 40.7 Å². The second kappa shape index (κ2) is 4.43. The second-order valence-electron chi connectivity index (χ2n) is 3.65. The quantitative estimate of drug-likeness (QED) is 0.325. The van der Waals surface area contributed by atoms with Crippen molar-refractivity contribution in [2.24, 2.45) is 0 Å². The summed E-state index contributed by atoms with van der Waals surface area (Å²) in [6.07, 6.45) is 0. The molecule has 8 heteroatoms. The topological polar surface area (TPSA) is 0 Å². The van der Waals surface area contributed by atoms with E-state index in [1.54, 1.807) is 0 Å². The monoisotopic (exact) mass is 279 g/mol. The minimum Gasteiger partial charge on any atom is -0.296 e. The van der Waals surface area contributed by atoms with Gasteiger partial charge in [-0.25, -0.2) is 43.0 Å². The Morgan fingerprint density at radius 1 is 0.526 bits per heavy atom. The maximum atomic E-state index is 13.5. The van der Waals surface area contributed by atoms with Gasteiger partial charge in [-0.15, -0.1) is 0 Å². The summed E-state index contributed by atoms with van der Waals surface area (Å²) < 4.78 is 92.9. The smallest absolute Gasteiger partial charge is 0.198 e. The average molecular weight is 279 g/mol. The van der Waals surface area contributed by atoms with Gasteiger partial charge in [0.1, 0.15) is 5.82 Å². The van der Waals surface area contributed by atoms with E-state index in [-0.39, 0.29) is 0 Å². The molecule has 0 aliphatic heterocycles. The minimum atomic E-state index is -2.29. The Labute approximate surface area is 103 Å². The molecule has 100 valence electrons. The lowest BCUT2D eigenvalue weighted by molar-refractivity contribution is 0.411. The molecule has 0 heterocycles. The Hall–Kier alpha value is -1.73. The molecule has 0 amide bonds. The molecule has 0 bridgehead atoms. The van der Waals surface area contributed by atoms with Crippen LogP contribution in [-0.4, -0.2) is 7.28 Å². The van der Waals surface area contributed by atoms with Crippen molar-refractivity contribution in [2.75, 3.05) is 0 Å². The van der Waals surface area contributed by atoms with Gasteiger partial charge in [0.05, 0.1) is 5.39 Å². The first-order valence-corrected chi connectivity index (χ1v) is 4.94. The summed E-state index contributed by atoms with van der Waals surface area (Å²) in [7, 11) is 0.792. The van der Waals surface area contributed by atoms with Crippen LogP contribution in [0, 0.1) is 40.7 Å². The zero-order valence-electron chi connectivity index (χ0n) is 9.22. The molecule has 0 aliphatic carbocycles. The fraction of sp³-hybridized carbons (Fsp3) is 0.0909. The summed E-state index contributed by atoms with van der Waals surface area (Å²) in [5.41, 5.74) is -0.885. The highest BCUT2D eigenvalue weighted by molar-refractivity contribution is 6.56. The van der Waals surface area contributed by atoms with Gasteiger partial charge in [0.15, 0.2) is 34.9 Å². The van der Waals surface area contributed by atoms with Crippen LogP contribution in [0.3, 0.4) is 0 Å². The SMILES string of the molecule is C[B-]c1c(F)c(F)c(F)c2c(F)c(F)c(F)c(F)c12. The fourth-order valence-corrected chi connectivity index (χ4v) is 1.80. The van der Waals surface area contributed by atoms with Crippen molar-refractivity contribution in [1.82, 2.24) is 0 Å². The zero-order valence-corrected chi connectivity index (χ0v) is 9.22. The predicted molar refractivity (Wildman–Crippen MR) is 54.9 cm³/mol. The Bertz CT molecular complexity index is 688. The summed E-state index contributed by atoms with van der Waals surface area (Å²) in [4.78, 5) is 0. The van der Waals surface area contributed by atoms with Gasteiger partial charge in [-0.2, -0.15) is 0 Å². The van der Waals surface area contributed by atoms with E-state index in [0.29, 0.717) is 0 Å². The third-order valence-electron chi connectivity index (χ3n) is 2.67. The summed E-state index contributed by atoms with van der Waals surface area (Å²) in [6.45, 7) is 1.12. The molecule has 2 aromatic carbocycles. The van der Waals surface area contributed by atoms with Crippen molar-refractivity contribution >= 4 is 23.5 Å². The van der Waals surface area contributed by atoms with Gasteiger partial charge in [0, 0.05) is 0 Å². The summed E-state index contributed by atoms with van der Waals surface area (Å²) in [5.74, 6) is -14.6. The molecule has 0 spiro atoms. The van der Waals surface area contributed by atoms with E-state index in [1.807, 2.05) is 0 Å². The van der Waals surface area contributed by atoms with Gasteiger partial charge < -0.3 is 0 Å². The molecule has 2 aromatic rings. The van der Waals surface area contributed by atoms with Crippen LogP contribution < -0.4 is 5.46 Å². The lowest BCUT2D eigenvalue weighted by Crippen LogP contribution is -2.23. The number of halogens is 7. The standard InChI is InChI=1S/C11H3BF7/c1-12-4-2-3(6(14)9(17)8(4)16)7(15)11(19)10(18)5(2)13/h1H3/q-1.